The van der Waals surface area contributed by atoms with Gasteiger partial charge in [0.1, 0.15) is 5.75 Å². The van der Waals surface area contributed by atoms with E-state index in [1.54, 1.807) is 7.11 Å². The van der Waals surface area contributed by atoms with Crippen molar-refractivity contribution in [2.24, 2.45) is 0 Å². The minimum Gasteiger partial charge on any atom is -0.496 e. The Bertz CT molecular complexity index is 1140. The fourth-order valence-corrected chi connectivity index (χ4v) is 5.49. The molecule has 1 fully saturated rings. The predicted molar refractivity (Wildman–Crippen MR) is 122 cm³/mol. The number of allylic oxidation sites excluding steroid dienone is 1. The molecular weight excluding hydrogens is 380 g/mol. The molecule has 1 saturated heterocycles. The zero-order valence-electron chi connectivity index (χ0n) is 17.5. The summed E-state index contributed by atoms with van der Waals surface area (Å²) in [6.45, 7) is 4.29. The van der Waals surface area contributed by atoms with Gasteiger partial charge in [0.2, 0.25) is 0 Å². The van der Waals surface area contributed by atoms with E-state index in [4.69, 9.17) is 16.3 Å². The molecule has 0 amide bonds. The lowest BCUT2D eigenvalue weighted by Crippen LogP contribution is -2.34. The second kappa shape index (κ2) is 6.93. The highest BCUT2D eigenvalue weighted by Crippen LogP contribution is 2.47. The molecular formula is C25H27ClN2O. The molecule has 5 rings (SSSR count). The molecule has 2 aliphatic heterocycles. The maximum atomic E-state index is 6.41. The van der Waals surface area contributed by atoms with Gasteiger partial charge >= 0.3 is 0 Å². The van der Waals surface area contributed by atoms with Crippen molar-refractivity contribution in [1.29, 1.82) is 0 Å². The zero-order valence-corrected chi connectivity index (χ0v) is 18.3. The topological polar surface area (TPSA) is 17.4 Å². The Morgan fingerprint density at radius 1 is 1.17 bits per heavy atom. The van der Waals surface area contributed by atoms with Crippen LogP contribution in [0.2, 0.25) is 5.02 Å². The summed E-state index contributed by atoms with van der Waals surface area (Å²) in [5.74, 6) is 0.930. The molecule has 2 bridgehead atoms. The number of hydrogen-bond donors (Lipinski definition) is 0. The molecule has 0 spiro atoms. The predicted octanol–water partition coefficient (Wildman–Crippen LogP) is 6.32. The number of aryl methyl sites for hydroxylation is 1. The van der Waals surface area contributed by atoms with Crippen molar-refractivity contribution in [2.75, 3.05) is 14.2 Å². The first kappa shape index (κ1) is 18.8. The fourth-order valence-electron chi connectivity index (χ4n) is 5.31. The maximum absolute atomic E-state index is 6.41. The molecule has 4 heteroatoms. The quantitative estimate of drug-likeness (QED) is 0.506. The molecule has 0 aliphatic carbocycles. The largest absolute Gasteiger partial charge is 0.496 e. The zero-order chi connectivity index (χ0) is 20.3. The van der Waals surface area contributed by atoms with E-state index < -0.39 is 0 Å². The van der Waals surface area contributed by atoms with Crippen molar-refractivity contribution >= 4 is 34.3 Å². The molecule has 0 radical (unpaired) electrons. The molecule has 2 unspecified atom stereocenters. The average Bonchev–Trinajstić information content (AvgIpc) is 3.11. The molecule has 3 heterocycles. The molecule has 0 saturated carbocycles. The summed E-state index contributed by atoms with van der Waals surface area (Å²) >= 11 is 6.41. The monoisotopic (exact) mass is 406 g/mol. The summed E-state index contributed by atoms with van der Waals surface area (Å²) < 4.78 is 7.85. The van der Waals surface area contributed by atoms with Crippen LogP contribution >= 0.6 is 11.6 Å². The number of benzene rings is 2. The van der Waals surface area contributed by atoms with Crippen LogP contribution in [0.1, 0.15) is 48.2 Å². The Hall–Kier alpha value is -2.23. The summed E-state index contributed by atoms with van der Waals surface area (Å²) in [7, 11) is 4.00. The van der Waals surface area contributed by atoms with Gasteiger partial charge in [0.15, 0.2) is 0 Å². The van der Waals surface area contributed by atoms with Crippen LogP contribution in [0.25, 0.3) is 22.7 Å². The van der Waals surface area contributed by atoms with Crippen molar-refractivity contribution in [3.63, 3.8) is 0 Å². The third-order valence-electron chi connectivity index (χ3n) is 6.89. The van der Waals surface area contributed by atoms with Gasteiger partial charge in [-0.25, -0.2) is 0 Å². The highest BCUT2D eigenvalue weighted by Gasteiger charge is 2.40. The molecule has 150 valence electrons. The molecule has 2 atom stereocenters. The molecule has 0 N–H and O–H groups in total. The van der Waals surface area contributed by atoms with E-state index >= 15 is 0 Å². The first-order valence-electron chi connectivity index (χ1n) is 10.4. The number of nitrogens with zero attached hydrogens (tertiary/aromatic N) is 2. The van der Waals surface area contributed by atoms with Crippen molar-refractivity contribution in [3.05, 3.63) is 63.8 Å². The normalized spacial score (nSPS) is 21.6. The van der Waals surface area contributed by atoms with Crippen LogP contribution in [0.15, 0.2) is 36.4 Å². The summed E-state index contributed by atoms with van der Waals surface area (Å²) in [4.78, 5) is 2.57. The number of likely N-dealkylation sites (N-methyl/N-ethyl adjacent to an activating group) is 1. The third-order valence-corrected chi connectivity index (χ3v) is 7.12. The number of ether oxygens (including phenoxy) is 1. The third kappa shape index (κ3) is 2.91. The van der Waals surface area contributed by atoms with Gasteiger partial charge in [-0.05, 0) is 86.3 Å². The number of rotatable bonds is 3. The van der Waals surface area contributed by atoms with Gasteiger partial charge in [-0.3, -0.25) is 4.90 Å². The number of methoxy groups -OCH3 is 1. The highest BCUT2D eigenvalue weighted by molar-refractivity contribution is 6.31. The van der Waals surface area contributed by atoms with Gasteiger partial charge in [-0.15, -0.1) is 0 Å². The second-order valence-electron chi connectivity index (χ2n) is 8.50. The molecule has 29 heavy (non-hydrogen) atoms. The number of fused-ring (bicyclic) bond motifs is 6. The van der Waals surface area contributed by atoms with E-state index in [1.165, 1.54) is 46.1 Å². The second-order valence-corrected chi connectivity index (χ2v) is 8.94. The molecule has 1 aromatic heterocycles. The van der Waals surface area contributed by atoms with E-state index in [-0.39, 0.29) is 0 Å². The van der Waals surface area contributed by atoms with Gasteiger partial charge in [-0.2, -0.15) is 0 Å². The van der Waals surface area contributed by atoms with Gasteiger partial charge in [-0.1, -0.05) is 17.7 Å². The van der Waals surface area contributed by atoms with E-state index in [0.29, 0.717) is 12.1 Å². The van der Waals surface area contributed by atoms with Gasteiger partial charge in [0, 0.05) is 40.8 Å². The lowest BCUT2D eigenvalue weighted by molar-refractivity contribution is 0.223. The van der Waals surface area contributed by atoms with Crippen LogP contribution in [0.5, 0.6) is 5.75 Å². The fraction of sp³-hybridized carbons (Fsp3) is 0.360. The van der Waals surface area contributed by atoms with Crippen molar-refractivity contribution in [2.45, 2.75) is 45.2 Å². The Morgan fingerprint density at radius 2 is 2.00 bits per heavy atom. The SMILES string of the molecule is COc1ccc(/C(C)=C/n2c3c(c4cc(Cl)ccc42)C2CCC(C3)N2C)cc1C. The first-order chi connectivity index (χ1) is 14.0. The van der Waals surface area contributed by atoms with E-state index in [9.17, 15) is 0 Å². The van der Waals surface area contributed by atoms with Crippen LogP contribution in [0.4, 0.5) is 0 Å². The lowest BCUT2D eigenvalue weighted by Gasteiger charge is -2.32. The average molecular weight is 407 g/mol. The molecule has 2 aromatic carbocycles. The molecule has 2 aliphatic rings. The van der Waals surface area contributed by atoms with Crippen molar-refractivity contribution in [3.8, 4) is 5.75 Å². The van der Waals surface area contributed by atoms with E-state index in [1.807, 2.05) is 6.07 Å². The first-order valence-corrected chi connectivity index (χ1v) is 10.7. The van der Waals surface area contributed by atoms with Crippen LogP contribution in [-0.2, 0) is 6.42 Å². The standard InChI is InChI=1S/C25H27ClN2O/c1-15-11-17(5-10-24(15)29-4)16(2)14-28-21-8-6-18(26)12-20(21)25-22-9-7-19(27(22)3)13-23(25)28/h5-6,8,10-12,14,19,22H,7,9,13H2,1-4H3/b16-14+. The van der Waals surface area contributed by atoms with E-state index in [0.717, 1.165) is 22.8 Å². The maximum Gasteiger partial charge on any atom is 0.121 e. The minimum atomic E-state index is 0.503. The van der Waals surface area contributed by atoms with E-state index in [2.05, 4.69) is 66.9 Å². The molecule has 3 nitrogen and oxygen atoms in total. The van der Waals surface area contributed by atoms with Crippen LogP contribution < -0.4 is 4.74 Å². The van der Waals surface area contributed by atoms with Crippen LogP contribution in [-0.4, -0.2) is 29.7 Å². The van der Waals surface area contributed by atoms with Crippen molar-refractivity contribution < 1.29 is 4.74 Å². The number of halogens is 1. The van der Waals surface area contributed by atoms with Crippen LogP contribution in [0.3, 0.4) is 0 Å². The summed E-state index contributed by atoms with van der Waals surface area (Å²) in [6, 6.07) is 13.9. The Kier molecular flexibility index (Phi) is 4.49. The number of hydrogen-bond acceptors (Lipinski definition) is 2. The Morgan fingerprint density at radius 3 is 2.76 bits per heavy atom. The number of aromatic nitrogens is 1. The van der Waals surface area contributed by atoms with Gasteiger partial charge in [0.25, 0.3) is 0 Å². The summed E-state index contributed by atoms with van der Waals surface area (Å²) in [5.41, 5.74) is 7.82. The minimum absolute atomic E-state index is 0.503. The van der Waals surface area contributed by atoms with Crippen LogP contribution in [0, 0.1) is 6.92 Å². The summed E-state index contributed by atoms with van der Waals surface area (Å²) in [5, 5.41) is 2.12. The molecule has 3 aromatic rings. The van der Waals surface area contributed by atoms with Gasteiger partial charge < -0.3 is 9.30 Å². The highest BCUT2D eigenvalue weighted by atomic mass is 35.5. The lowest BCUT2D eigenvalue weighted by atomic mass is 9.97. The Labute approximate surface area is 177 Å². The summed E-state index contributed by atoms with van der Waals surface area (Å²) in [6.07, 6.45) is 5.92. The van der Waals surface area contributed by atoms with Gasteiger partial charge in [0.05, 0.1) is 12.6 Å². The van der Waals surface area contributed by atoms with Crippen molar-refractivity contribution in [1.82, 2.24) is 9.47 Å². The Balaban J connectivity index is 1.69. The smallest absolute Gasteiger partial charge is 0.121 e.